The third-order valence-electron chi connectivity index (χ3n) is 3.33. The van der Waals surface area contributed by atoms with Crippen molar-refractivity contribution in [1.82, 2.24) is 9.88 Å². The van der Waals surface area contributed by atoms with Crippen LogP contribution in [0.3, 0.4) is 0 Å². The molecule has 25 heavy (non-hydrogen) atoms. The van der Waals surface area contributed by atoms with Crippen LogP contribution in [-0.4, -0.2) is 51.7 Å². The Kier molecular flexibility index (Phi) is 9.18. The molecule has 0 unspecified atom stereocenters. The molecule has 0 aliphatic carbocycles. The molecule has 0 saturated heterocycles. The number of carboxylic acids is 2. The molecule has 4 N–H and O–H groups in total. The van der Waals surface area contributed by atoms with Crippen molar-refractivity contribution in [2.24, 2.45) is 0 Å². The minimum Gasteiger partial charge on any atom is -0.478 e. The van der Waals surface area contributed by atoms with Crippen molar-refractivity contribution >= 4 is 45.6 Å². The van der Waals surface area contributed by atoms with E-state index in [0.717, 1.165) is 31.7 Å². The largest absolute Gasteiger partial charge is 0.478 e. The molecule has 7 nitrogen and oxygen atoms in total. The van der Waals surface area contributed by atoms with E-state index in [1.807, 2.05) is 0 Å². The summed E-state index contributed by atoms with van der Waals surface area (Å²) in [5, 5.41) is 16.2. The van der Waals surface area contributed by atoms with Crippen LogP contribution in [0.4, 0.5) is 5.13 Å². The average molecular weight is 388 g/mol. The molecule has 0 atom stereocenters. The molecule has 0 radical (unpaired) electrons. The van der Waals surface area contributed by atoms with Crippen LogP contribution in [-0.2, 0) is 9.59 Å². The lowest BCUT2D eigenvalue weighted by Crippen LogP contribution is -2.30. The number of aromatic nitrogens is 1. The molecule has 1 aromatic heterocycles. The number of hydrogen-bond acceptors (Lipinski definition) is 6. The Morgan fingerprint density at radius 1 is 1.40 bits per heavy atom. The van der Waals surface area contributed by atoms with Gasteiger partial charge in [0.05, 0.1) is 5.69 Å². The number of carboxylic acid groups (broad SMARTS) is 2. The van der Waals surface area contributed by atoms with Gasteiger partial charge in [-0.25, -0.2) is 14.6 Å². The van der Waals surface area contributed by atoms with Gasteiger partial charge in [-0.3, -0.25) is 4.90 Å². The Labute approximate surface area is 155 Å². The van der Waals surface area contributed by atoms with E-state index in [2.05, 4.69) is 22.9 Å². The molecule has 1 aliphatic heterocycles. The van der Waals surface area contributed by atoms with Gasteiger partial charge in [0.15, 0.2) is 5.13 Å². The van der Waals surface area contributed by atoms with E-state index < -0.39 is 11.9 Å². The smallest absolute Gasteiger partial charge is 0.328 e. The van der Waals surface area contributed by atoms with E-state index >= 15 is 0 Å². The number of nitrogens with two attached hydrogens (primary N) is 1. The zero-order valence-electron chi connectivity index (χ0n) is 13.9. The SMILES string of the molecule is CCCCN1CCC=C(c2nc(N)sc2Cl)C1.O=C(O)C=CC(=O)O. The molecule has 0 spiro atoms. The standard InChI is InChI=1S/C12H18ClN3S.C4H4O4/c1-2-3-6-16-7-4-5-9(8-16)10-11(13)17-12(14)15-10;5-3(6)1-2-4(7)8/h5H,2-4,6-8H2,1H3,(H2,14,15);1-2H,(H,5,6)(H,7,8). The number of nitrogen functional groups attached to an aromatic ring is 1. The number of carbonyl (C=O) groups is 2. The summed E-state index contributed by atoms with van der Waals surface area (Å²) in [4.78, 5) is 25.9. The zero-order valence-corrected chi connectivity index (χ0v) is 15.5. The molecule has 1 aromatic rings. The Morgan fingerprint density at radius 3 is 2.52 bits per heavy atom. The predicted molar refractivity (Wildman–Crippen MR) is 99.9 cm³/mol. The summed E-state index contributed by atoms with van der Waals surface area (Å²) in [6.07, 6.45) is 6.92. The number of halogens is 1. The topological polar surface area (TPSA) is 117 Å². The number of unbranched alkanes of at least 4 members (excludes halogenated alkanes) is 1. The number of thiazole rings is 1. The second-order valence-electron chi connectivity index (χ2n) is 5.33. The second kappa shape index (κ2) is 10.9. The number of anilines is 1. The van der Waals surface area contributed by atoms with Gasteiger partial charge in [0.2, 0.25) is 0 Å². The quantitative estimate of drug-likeness (QED) is 0.642. The highest BCUT2D eigenvalue weighted by Crippen LogP contribution is 2.32. The van der Waals surface area contributed by atoms with Crippen LogP contribution in [0.15, 0.2) is 18.2 Å². The van der Waals surface area contributed by atoms with Gasteiger partial charge in [-0.05, 0) is 25.0 Å². The Balaban J connectivity index is 0.000000333. The lowest BCUT2D eigenvalue weighted by Gasteiger charge is -2.26. The molecule has 2 rings (SSSR count). The van der Waals surface area contributed by atoms with Crippen LogP contribution >= 0.6 is 22.9 Å². The van der Waals surface area contributed by atoms with E-state index in [-0.39, 0.29) is 0 Å². The van der Waals surface area contributed by atoms with E-state index in [1.54, 1.807) is 0 Å². The van der Waals surface area contributed by atoms with E-state index in [1.165, 1.54) is 29.8 Å². The van der Waals surface area contributed by atoms with E-state index in [4.69, 9.17) is 27.5 Å². The zero-order chi connectivity index (χ0) is 18.8. The molecule has 1 aliphatic rings. The Hall–Kier alpha value is -1.90. The molecule has 2 heterocycles. The summed E-state index contributed by atoms with van der Waals surface area (Å²) >= 11 is 7.50. The number of rotatable bonds is 6. The highest BCUT2D eigenvalue weighted by molar-refractivity contribution is 7.19. The van der Waals surface area contributed by atoms with Crippen LogP contribution in [0.1, 0.15) is 31.9 Å². The molecule has 0 fully saturated rings. The first kappa shape index (κ1) is 21.1. The molecular weight excluding hydrogens is 366 g/mol. The van der Waals surface area contributed by atoms with Crippen molar-refractivity contribution in [3.05, 3.63) is 28.3 Å². The molecule has 0 amide bonds. The lowest BCUT2D eigenvalue weighted by atomic mass is 10.1. The Bertz CT molecular complexity index is 642. The Morgan fingerprint density at radius 2 is 2.04 bits per heavy atom. The van der Waals surface area contributed by atoms with E-state index in [0.29, 0.717) is 21.6 Å². The third-order valence-corrected chi connectivity index (χ3v) is 4.42. The van der Waals surface area contributed by atoms with Crippen LogP contribution in [0.25, 0.3) is 5.57 Å². The molecule has 138 valence electrons. The van der Waals surface area contributed by atoms with Crippen molar-refractivity contribution < 1.29 is 19.8 Å². The van der Waals surface area contributed by atoms with Gasteiger partial charge in [-0.2, -0.15) is 0 Å². The van der Waals surface area contributed by atoms with Gasteiger partial charge >= 0.3 is 11.9 Å². The molecule has 0 saturated carbocycles. The minimum atomic E-state index is -1.26. The molecule has 0 bridgehead atoms. The normalized spacial score (nSPS) is 14.7. The maximum atomic E-state index is 9.55. The first-order valence-electron chi connectivity index (χ1n) is 7.81. The summed E-state index contributed by atoms with van der Waals surface area (Å²) in [5.41, 5.74) is 7.79. The number of nitrogens with zero attached hydrogens (tertiary/aromatic N) is 2. The highest BCUT2D eigenvalue weighted by atomic mass is 35.5. The van der Waals surface area contributed by atoms with Gasteiger partial charge in [0, 0.05) is 25.2 Å². The maximum Gasteiger partial charge on any atom is 0.328 e. The summed E-state index contributed by atoms with van der Waals surface area (Å²) in [6, 6.07) is 0. The first-order chi connectivity index (χ1) is 11.8. The van der Waals surface area contributed by atoms with Gasteiger partial charge in [-0.15, -0.1) is 0 Å². The van der Waals surface area contributed by atoms with E-state index in [9.17, 15) is 9.59 Å². The van der Waals surface area contributed by atoms with Crippen molar-refractivity contribution in [1.29, 1.82) is 0 Å². The average Bonchev–Trinajstić information content (AvgIpc) is 2.90. The maximum absolute atomic E-state index is 9.55. The fraction of sp³-hybridized carbons (Fsp3) is 0.438. The number of aliphatic carboxylic acids is 2. The monoisotopic (exact) mass is 387 g/mol. The molecule has 0 aromatic carbocycles. The van der Waals surface area contributed by atoms with Crippen LogP contribution in [0.2, 0.25) is 4.34 Å². The van der Waals surface area contributed by atoms with Crippen molar-refractivity contribution in [2.75, 3.05) is 25.4 Å². The number of hydrogen-bond donors (Lipinski definition) is 3. The van der Waals surface area contributed by atoms with Crippen LogP contribution < -0.4 is 5.73 Å². The van der Waals surface area contributed by atoms with Crippen LogP contribution in [0.5, 0.6) is 0 Å². The van der Waals surface area contributed by atoms with Gasteiger partial charge < -0.3 is 15.9 Å². The van der Waals surface area contributed by atoms with Crippen LogP contribution in [0, 0.1) is 0 Å². The van der Waals surface area contributed by atoms with Gasteiger partial charge in [0.1, 0.15) is 4.34 Å². The summed E-state index contributed by atoms with van der Waals surface area (Å²) in [5.74, 6) is -2.51. The second-order valence-corrected chi connectivity index (χ2v) is 6.96. The third kappa shape index (κ3) is 8.15. The highest BCUT2D eigenvalue weighted by Gasteiger charge is 2.18. The van der Waals surface area contributed by atoms with Gasteiger partial charge in [0.25, 0.3) is 0 Å². The van der Waals surface area contributed by atoms with Crippen molar-refractivity contribution in [3.8, 4) is 0 Å². The van der Waals surface area contributed by atoms with Gasteiger partial charge in [-0.1, -0.05) is 42.4 Å². The minimum absolute atomic E-state index is 0.552. The lowest BCUT2D eigenvalue weighted by molar-refractivity contribution is -0.134. The summed E-state index contributed by atoms with van der Waals surface area (Å²) in [6.45, 7) is 5.47. The fourth-order valence-corrected chi connectivity index (χ4v) is 3.20. The van der Waals surface area contributed by atoms with Crippen molar-refractivity contribution in [2.45, 2.75) is 26.2 Å². The molecular formula is C16H22ClN3O4S. The summed E-state index contributed by atoms with van der Waals surface area (Å²) < 4.78 is 0.714. The van der Waals surface area contributed by atoms with Crippen molar-refractivity contribution in [3.63, 3.8) is 0 Å². The molecule has 9 heteroatoms. The fourth-order valence-electron chi connectivity index (χ4n) is 2.21. The predicted octanol–water partition coefficient (Wildman–Crippen LogP) is 2.98. The first-order valence-corrected chi connectivity index (χ1v) is 9.00. The summed E-state index contributed by atoms with van der Waals surface area (Å²) in [7, 11) is 0.